The topological polar surface area (TPSA) is 56.1 Å². The molecule has 1 aromatic carbocycles. The summed E-state index contributed by atoms with van der Waals surface area (Å²) in [6.45, 7) is 4.04. The highest BCUT2D eigenvalue weighted by molar-refractivity contribution is 5.92. The Hall–Kier alpha value is -2.30. The Morgan fingerprint density at radius 2 is 2.16 bits per heavy atom. The number of nitrogens with zero attached hydrogens (tertiary/aromatic N) is 2. The van der Waals surface area contributed by atoms with Gasteiger partial charge < -0.3 is 10.1 Å². The van der Waals surface area contributed by atoms with Gasteiger partial charge in [-0.25, -0.2) is 0 Å². The van der Waals surface area contributed by atoms with E-state index >= 15 is 0 Å². The smallest absolute Gasteiger partial charge is 0.246 e. The van der Waals surface area contributed by atoms with Gasteiger partial charge in [0.25, 0.3) is 0 Å². The molecule has 0 unspecified atom stereocenters. The van der Waals surface area contributed by atoms with Crippen molar-refractivity contribution in [3.05, 3.63) is 41.7 Å². The average Bonchev–Trinajstić information content (AvgIpc) is 2.75. The third-order valence-electron chi connectivity index (χ3n) is 2.71. The highest BCUT2D eigenvalue weighted by Gasteiger charge is 2.08. The number of aromatic nitrogens is 2. The highest BCUT2D eigenvalue weighted by atomic mass is 16.5. The van der Waals surface area contributed by atoms with Gasteiger partial charge in [0.15, 0.2) is 0 Å². The molecular formula is C14H17N3O2. The van der Waals surface area contributed by atoms with E-state index < -0.39 is 0 Å². The van der Waals surface area contributed by atoms with Crippen LogP contribution in [0.25, 0.3) is 0 Å². The van der Waals surface area contributed by atoms with E-state index in [0.717, 1.165) is 11.3 Å². The molecule has 1 heterocycles. The number of ether oxygens (including phenoxy) is 1. The quantitative estimate of drug-likeness (QED) is 0.915. The Labute approximate surface area is 112 Å². The predicted octanol–water partition coefficient (Wildman–Crippen LogP) is 2.15. The van der Waals surface area contributed by atoms with Crippen molar-refractivity contribution in [2.75, 3.05) is 12.4 Å². The number of aryl methyl sites for hydroxylation is 2. The summed E-state index contributed by atoms with van der Waals surface area (Å²) in [7, 11) is 1.58. The maximum Gasteiger partial charge on any atom is 0.246 e. The summed E-state index contributed by atoms with van der Waals surface area (Å²) < 4.78 is 6.82. The molecule has 0 radical (unpaired) electrons. The van der Waals surface area contributed by atoms with Crippen LogP contribution in [0.5, 0.6) is 5.75 Å². The fourth-order valence-electron chi connectivity index (χ4n) is 1.81. The predicted molar refractivity (Wildman–Crippen MR) is 73.3 cm³/mol. The van der Waals surface area contributed by atoms with Crippen molar-refractivity contribution in [2.24, 2.45) is 0 Å². The van der Waals surface area contributed by atoms with Gasteiger partial charge in [-0.05, 0) is 37.6 Å². The number of nitrogens with one attached hydrogen (secondary N) is 1. The molecule has 0 spiro atoms. The number of hydrogen-bond donors (Lipinski definition) is 1. The molecule has 1 aromatic heterocycles. The lowest BCUT2D eigenvalue weighted by atomic mass is 10.2. The summed E-state index contributed by atoms with van der Waals surface area (Å²) in [5.74, 6) is 0.516. The van der Waals surface area contributed by atoms with Gasteiger partial charge in [0, 0.05) is 6.20 Å². The van der Waals surface area contributed by atoms with E-state index in [4.69, 9.17) is 4.74 Å². The first-order valence-corrected chi connectivity index (χ1v) is 6.03. The second-order valence-electron chi connectivity index (χ2n) is 4.41. The molecule has 100 valence electrons. The number of anilines is 1. The molecule has 1 amide bonds. The minimum absolute atomic E-state index is 0.132. The fraction of sp³-hybridized carbons (Fsp3) is 0.286. The van der Waals surface area contributed by atoms with Crippen LogP contribution in [0.4, 0.5) is 5.69 Å². The van der Waals surface area contributed by atoms with Gasteiger partial charge in [0.1, 0.15) is 12.3 Å². The Balaban J connectivity index is 2.08. The Kier molecular flexibility index (Phi) is 3.85. The Bertz CT molecular complexity index is 590. The average molecular weight is 259 g/mol. The van der Waals surface area contributed by atoms with Gasteiger partial charge in [-0.2, -0.15) is 5.10 Å². The van der Waals surface area contributed by atoms with Crippen LogP contribution < -0.4 is 10.1 Å². The van der Waals surface area contributed by atoms with Gasteiger partial charge in [-0.1, -0.05) is 6.07 Å². The van der Waals surface area contributed by atoms with Crippen LogP contribution in [-0.2, 0) is 11.3 Å². The summed E-state index contributed by atoms with van der Waals surface area (Å²) in [4.78, 5) is 11.9. The number of carbonyl (C=O) groups excluding carboxylic acids is 1. The second-order valence-corrected chi connectivity index (χ2v) is 4.41. The van der Waals surface area contributed by atoms with Crippen LogP contribution in [0.2, 0.25) is 0 Å². The monoisotopic (exact) mass is 259 g/mol. The van der Waals surface area contributed by atoms with Gasteiger partial charge >= 0.3 is 0 Å². The minimum atomic E-state index is -0.132. The van der Waals surface area contributed by atoms with Gasteiger partial charge in [0.2, 0.25) is 5.91 Å². The molecule has 0 aliphatic rings. The van der Waals surface area contributed by atoms with Gasteiger partial charge in [-0.15, -0.1) is 0 Å². The van der Waals surface area contributed by atoms with Crippen LogP contribution in [0, 0.1) is 13.8 Å². The maximum absolute atomic E-state index is 11.9. The van der Waals surface area contributed by atoms with Crippen molar-refractivity contribution in [2.45, 2.75) is 20.4 Å². The Morgan fingerprint density at radius 3 is 2.79 bits per heavy atom. The molecule has 0 saturated heterocycles. The first kappa shape index (κ1) is 13.1. The molecule has 19 heavy (non-hydrogen) atoms. The standard InChI is InChI=1S/C14H17N3O2/c1-10-4-5-13(19-3)12(8-10)15-14(18)9-17-7-6-11(2)16-17/h4-8H,9H2,1-3H3,(H,15,18). The molecule has 5 nitrogen and oxygen atoms in total. The van der Waals surface area contributed by atoms with Crippen LogP contribution in [0.3, 0.4) is 0 Å². The second kappa shape index (κ2) is 5.56. The van der Waals surface area contributed by atoms with Crippen LogP contribution >= 0.6 is 0 Å². The molecule has 0 saturated carbocycles. The van der Waals surface area contributed by atoms with Crippen LogP contribution in [-0.4, -0.2) is 22.8 Å². The van der Waals surface area contributed by atoms with Crippen molar-refractivity contribution in [3.63, 3.8) is 0 Å². The van der Waals surface area contributed by atoms with Gasteiger partial charge in [-0.3, -0.25) is 9.48 Å². The van der Waals surface area contributed by atoms with Crippen LogP contribution in [0.15, 0.2) is 30.5 Å². The van der Waals surface area contributed by atoms with E-state index in [1.165, 1.54) is 0 Å². The molecule has 1 N–H and O–H groups in total. The first-order valence-electron chi connectivity index (χ1n) is 6.03. The molecule has 0 fully saturated rings. The molecule has 0 bridgehead atoms. The van der Waals surface area contributed by atoms with E-state index in [1.807, 2.05) is 38.1 Å². The lowest BCUT2D eigenvalue weighted by molar-refractivity contribution is -0.116. The maximum atomic E-state index is 11.9. The normalized spacial score (nSPS) is 10.3. The summed E-state index contributed by atoms with van der Waals surface area (Å²) in [6, 6.07) is 7.51. The zero-order valence-corrected chi connectivity index (χ0v) is 11.3. The number of amides is 1. The number of methoxy groups -OCH3 is 1. The summed E-state index contributed by atoms with van der Waals surface area (Å²) in [5, 5.41) is 7.01. The summed E-state index contributed by atoms with van der Waals surface area (Å²) in [5.41, 5.74) is 2.63. The lowest BCUT2D eigenvalue weighted by Gasteiger charge is -2.11. The number of rotatable bonds is 4. The van der Waals surface area contributed by atoms with Crippen molar-refractivity contribution >= 4 is 11.6 Å². The molecule has 5 heteroatoms. The Morgan fingerprint density at radius 1 is 1.37 bits per heavy atom. The zero-order chi connectivity index (χ0) is 13.8. The van der Waals surface area contributed by atoms with E-state index in [2.05, 4.69) is 10.4 Å². The van der Waals surface area contributed by atoms with E-state index in [1.54, 1.807) is 18.0 Å². The SMILES string of the molecule is COc1ccc(C)cc1NC(=O)Cn1ccc(C)n1. The molecule has 2 rings (SSSR count). The van der Waals surface area contributed by atoms with Crippen molar-refractivity contribution < 1.29 is 9.53 Å². The van der Waals surface area contributed by atoms with Gasteiger partial charge in [0.05, 0.1) is 18.5 Å². The lowest BCUT2D eigenvalue weighted by Crippen LogP contribution is -2.19. The number of hydrogen-bond acceptors (Lipinski definition) is 3. The highest BCUT2D eigenvalue weighted by Crippen LogP contribution is 2.25. The third kappa shape index (κ3) is 3.34. The van der Waals surface area contributed by atoms with E-state index in [-0.39, 0.29) is 12.5 Å². The third-order valence-corrected chi connectivity index (χ3v) is 2.71. The molecule has 0 atom stereocenters. The van der Waals surface area contributed by atoms with E-state index in [9.17, 15) is 4.79 Å². The first-order chi connectivity index (χ1) is 9.08. The fourth-order valence-corrected chi connectivity index (χ4v) is 1.81. The molecule has 0 aliphatic carbocycles. The van der Waals surface area contributed by atoms with Crippen molar-refractivity contribution in [3.8, 4) is 5.75 Å². The summed E-state index contributed by atoms with van der Waals surface area (Å²) >= 11 is 0. The number of carbonyl (C=O) groups is 1. The minimum Gasteiger partial charge on any atom is -0.495 e. The van der Waals surface area contributed by atoms with Crippen LogP contribution in [0.1, 0.15) is 11.3 Å². The van der Waals surface area contributed by atoms with E-state index in [0.29, 0.717) is 11.4 Å². The van der Waals surface area contributed by atoms with Crippen molar-refractivity contribution in [1.82, 2.24) is 9.78 Å². The molecular weight excluding hydrogens is 242 g/mol. The molecule has 2 aromatic rings. The largest absolute Gasteiger partial charge is 0.495 e. The summed E-state index contributed by atoms with van der Waals surface area (Å²) in [6.07, 6.45) is 1.78. The molecule has 0 aliphatic heterocycles. The zero-order valence-electron chi connectivity index (χ0n) is 11.3. The van der Waals surface area contributed by atoms with Crippen molar-refractivity contribution in [1.29, 1.82) is 0 Å². The number of benzene rings is 1.